The molecule has 0 aliphatic heterocycles. The molecule has 156 valence electrons. The van der Waals surface area contributed by atoms with E-state index in [1.54, 1.807) is 0 Å². The van der Waals surface area contributed by atoms with Crippen LogP contribution in [-0.2, 0) is 17.3 Å². The molecule has 4 N–H and O–H groups in total. The lowest BCUT2D eigenvalue weighted by Crippen LogP contribution is -2.24. The van der Waals surface area contributed by atoms with Crippen LogP contribution in [0.1, 0.15) is 83.9 Å². The highest BCUT2D eigenvalue weighted by Crippen LogP contribution is 2.42. The monoisotopic (exact) mass is 379 g/mol. The Bertz CT molecular complexity index is 544. The van der Waals surface area contributed by atoms with Gasteiger partial charge in [-0.2, -0.15) is 0 Å². The van der Waals surface area contributed by atoms with Crippen molar-refractivity contribution < 1.29 is 15.3 Å². The van der Waals surface area contributed by atoms with Gasteiger partial charge in [-0.05, 0) is 61.6 Å². The van der Waals surface area contributed by atoms with Gasteiger partial charge < -0.3 is 20.6 Å². The average molecular weight is 380 g/mol. The first kappa shape index (κ1) is 23.9. The summed E-state index contributed by atoms with van der Waals surface area (Å²) in [6.07, 6.45) is 3.44. The van der Waals surface area contributed by atoms with Crippen molar-refractivity contribution in [1.82, 2.24) is 5.32 Å². The Hall–Kier alpha value is -1.10. The van der Waals surface area contributed by atoms with E-state index >= 15 is 0 Å². The third-order valence-electron chi connectivity index (χ3n) is 6.03. The van der Waals surface area contributed by atoms with Crippen LogP contribution in [0.25, 0.3) is 0 Å². The highest BCUT2D eigenvalue weighted by molar-refractivity contribution is 5.50. The minimum absolute atomic E-state index is 0.116. The van der Waals surface area contributed by atoms with Gasteiger partial charge >= 0.3 is 0 Å². The molecule has 0 spiro atoms. The van der Waals surface area contributed by atoms with Crippen molar-refractivity contribution in [2.75, 3.05) is 19.7 Å². The molecule has 4 nitrogen and oxygen atoms in total. The maximum absolute atomic E-state index is 11.0. The standard InChI is InChI=1S/C23H41NO3/c1-7-22(3,4)19-15-17(14-18(26)10-12-24-11-9-13-25)16-20(21(19)27)23(5,6)8-2/h15-16,18,24-27H,7-14H2,1-6H3. The summed E-state index contributed by atoms with van der Waals surface area (Å²) >= 11 is 0. The largest absolute Gasteiger partial charge is 0.507 e. The molecular weight excluding hydrogens is 338 g/mol. The zero-order chi connectivity index (χ0) is 20.7. The van der Waals surface area contributed by atoms with Gasteiger partial charge in [-0.3, -0.25) is 0 Å². The number of hydrogen-bond acceptors (Lipinski definition) is 4. The number of aliphatic hydroxyl groups excluding tert-OH is 2. The lowest BCUT2D eigenvalue weighted by atomic mass is 9.74. The van der Waals surface area contributed by atoms with Crippen LogP contribution in [0.4, 0.5) is 0 Å². The molecule has 1 unspecified atom stereocenters. The van der Waals surface area contributed by atoms with Crippen molar-refractivity contribution in [2.24, 2.45) is 0 Å². The fraction of sp³-hybridized carbons (Fsp3) is 0.739. The Morgan fingerprint density at radius 2 is 1.48 bits per heavy atom. The minimum atomic E-state index is -0.425. The second-order valence-electron chi connectivity index (χ2n) is 8.99. The van der Waals surface area contributed by atoms with Crippen LogP contribution in [0, 0.1) is 0 Å². The molecule has 27 heavy (non-hydrogen) atoms. The van der Waals surface area contributed by atoms with Crippen LogP contribution >= 0.6 is 0 Å². The summed E-state index contributed by atoms with van der Waals surface area (Å²) in [6, 6.07) is 4.16. The fourth-order valence-corrected chi connectivity index (χ4v) is 3.20. The van der Waals surface area contributed by atoms with Gasteiger partial charge in [0.05, 0.1) is 6.10 Å². The second kappa shape index (κ2) is 10.4. The van der Waals surface area contributed by atoms with Crippen molar-refractivity contribution in [1.29, 1.82) is 0 Å². The average Bonchev–Trinajstić information content (AvgIpc) is 2.62. The number of phenols is 1. The zero-order valence-electron chi connectivity index (χ0n) is 18.2. The number of phenolic OH excluding ortho intramolecular Hbond substituents is 1. The maximum Gasteiger partial charge on any atom is 0.123 e. The third kappa shape index (κ3) is 6.78. The first-order chi connectivity index (χ1) is 12.6. The van der Waals surface area contributed by atoms with Crippen LogP contribution in [0.3, 0.4) is 0 Å². The lowest BCUT2D eigenvalue weighted by molar-refractivity contribution is 0.164. The van der Waals surface area contributed by atoms with E-state index in [9.17, 15) is 10.2 Å². The van der Waals surface area contributed by atoms with Gasteiger partial charge in [0.15, 0.2) is 0 Å². The molecular formula is C23H41NO3. The first-order valence-corrected chi connectivity index (χ1v) is 10.5. The van der Waals surface area contributed by atoms with Crippen LogP contribution in [0.15, 0.2) is 12.1 Å². The van der Waals surface area contributed by atoms with Crippen molar-refractivity contribution in [3.05, 3.63) is 28.8 Å². The molecule has 0 heterocycles. The highest BCUT2D eigenvalue weighted by Gasteiger charge is 2.29. The van der Waals surface area contributed by atoms with Crippen molar-refractivity contribution in [2.45, 2.75) is 90.6 Å². The van der Waals surface area contributed by atoms with Crippen LogP contribution in [0.5, 0.6) is 5.75 Å². The molecule has 0 aromatic heterocycles. The summed E-state index contributed by atoms with van der Waals surface area (Å²) in [5.74, 6) is 0.414. The van der Waals surface area contributed by atoms with E-state index in [1.807, 2.05) is 0 Å². The SMILES string of the molecule is CCC(C)(C)c1cc(CC(O)CCNCCCO)cc(C(C)(C)CC)c1O. The molecule has 1 rings (SSSR count). The lowest BCUT2D eigenvalue weighted by Gasteiger charge is -2.31. The molecule has 0 fully saturated rings. The number of hydrogen-bond donors (Lipinski definition) is 4. The van der Waals surface area contributed by atoms with E-state index in [1.165, 1.54) is 0 Å². The van der Waals surface area contributed by atoms with Crippen molar-refractivity contribution in [3.8, 4) is 5.75 Å². The number of aromatic hydroxyl groups is 1. The zero-order valence-corrected chi connectivity index (χ0v) is 18.2. The summed E-state index contributed by atoms with van der Waals surface area (Å²) in [5.41, 5.74) is 2.81. The van der Waals surface area contributed by atoms with E-state index in [0.29, 0.717) is 18.6 Å². The van der Waals surface area contributed by atoms with Gasteiger partial charge in [-0.1, -0.05) is 53.7 Å². The Balaban J connectivity index is 3.06. The van der Waals surface area contributed by atoms with Crippen molar-refractivity contribution >= 4 is 0 Å². The quantitative estimate of drug-likeness (QED) is 0.414. The Morgan fingerprint density at radius 1 is 0.963 bits per heavy atom. The predicted octanol–water partition coefficient (Wildman–Crippen LogP) is 4.03. The van der Waals surface area contributed by atoms with Gasteiger partial charge in [0.2, 0.25) is 0 Å². The molecule has 4 heteroatoms. The van der Waals surface area contributed by atoms with Crippen LogP contribution < -0.4 is 5.32 Å². The van der Waals surface area contributed by atoms with E-state index in [4.69, 9.17) is 5.11 Å². The van der Waals surface area contributed by atoms with E-state index in [0.717, 1.165) is 49.0 Å². The number of benzene rings is 1. The van der Waals surface area contributed by atoms with E-state index < -0.39 is 6.10 Å². The summed E-state index contributed by atoms with van der Waals surface area (Å²) < 4.78 is 0. The van der Waals surface area contributed by atoms with Crippen LogP contribution in [-0.4, -0.2) is 41.1 Å². The molecule has 0 saturated carbocycles. The van der Waals surface area contributed by atoms with Gasteiger partial charge in [-0.15, -0.1) is 0 Å². The third-order valence-corrected chi connectivity index (χ3v) is 6.03. The summed E-state index contributed by atoms with van der Waals surface area (Å²) in [7, 11) is 0. The topological polar surface area (TPSA) is 72.7 Å². The number of rotatable bonds is 12. The van der Waals surface area contributed by atoms with Gasteiger partial charge in [-0.25, -0.2) is 0 Å². The van der Waals surface area contributed by atoms with E-state index in [-0.39, 0.29) is 17.4 Å². The molecule has 0 aliphatic carbocycles. The van der Waals surface area contributed by atoms with Gasteiger partial charge in [0.1, 0.15) is 5.75 Å². The van der Waals surface area contributed by atoms with Gasteiger partial charge in [0.25, 0.3) is 0 Å². The number of nitrogens with one attached hydrogen (secondary N) is 1. The molecule has 1 aromatic rings. The number of aliphatic hydroxyl groups is 2. The fourth-order valence-electron chi connectivity index (χ4n) is 3.20. The molecule has 0 amide bonds. The summed E-state index contributed by atoms with van der Waals surface area (Å²) in [4.78, 5) is 0. The second-order valence-corrected chi connectivity index (χ2v) is 8.99. The summed E-state index contributed by atoms with van der Waals surface area (Å²) in [5, 5.41) is 33.5. The molecule has 1 atom stereocenters. The van der Waals surface area contributed by atoms with Gasteiger partial charge in [0, 0.05) is 17.7 Å². The molecule has 0 bridgehead atoms. The molecule has 0 radical (unpaired) electrons. The Morgan fingerprint density at radius 3 is 1.93 bits per heavy atom. The van der Waals surface area contributed by atoms with E-state index in [2.05, 4.69) is 59.0 Å². The Kier molecular flexibility index (Phi) is 9.26. The normalized spacial score (nSPS) is 13.8. The molecule has 0 aliphatic rings. The van der Waals surface area contributed by atoms with Crippen molar-refractivity contribution in [3.63, 3.8) is 0 Å². The first-order valence-electron chi connectivity index (χ1n) is 10.5. The van der Waals surface area contributed by atoms with Crippen LogP contribution in [0.2, 0.25) is 0 Å². The Labute approximate surface area is 166 Å². The smallest absolute Gasteiger partial charge is 0.123 e. The summed E-state index contributed by atoms with van der Waals surface area (Å²) in [6.45, 7) is 14.6. The minimum Gasteiger partial charge on any atom is -0.507 e. The molecule has 1 aromatic carbocycles. The predicted molar refractivity (Wildman–Crippen MR) is 114 cm³/mol. The molecule has 0 saturated heterocycles. The highest BCUT2D eigenvalue weighted by atomic mass is 16.3. The maximum atomic E-state index is 11.0.